The second-order valence-electron chi connectivity index (χ2n) is 9.26. The molecular weight excluding hydrogens is 442 g/mol. The summed E-state index contributed by atoms with van der Waals surface area (Å²) in [7, 11) is 6.46. The molecule has 0 aliphatic heterocycles. The maximum absolute atomic E-state index is 6.82. The highest BCUT2D eigenvalue weighted by molar-refractivity contribution is 6.64. The number of nitrogens with zero attached hydrogens (tertiary/aromatic N) is 1. The van der Waals surface area contributed by atoms with E-state index in [1.807, 2.05) is 0 Å². The molecule has 1 heterocycles. The standard InChI is InChI=1S/C30H23B3ClN/c31-26-25-23-16-13-21(19-9-5-2-6-10-19)17-24(23)35(30(25)28(33)27(32)29(26)34)22-14-11-20(12-15-22)18-7-3-1-4-8-18/h1-17H,31-33H2. The number of hydrogen-bond donors (Lipinski definition) is 0. The number of hydrogen-bond acceptors (Lipinski definition) is 0. The molecule has 0 saturated carbocycles. The second kappa shape index (κ2) is 8.55. The lowest BCUT2D eigenvalue weighted by Crippen LogP contribution is -2.33. The van der Waals surface area contributed by atoms with Crippen molar-refractivity contribution in [3.05, 3.63) is 108 Å². The van der Waals surface area contributed by atoms with Crippen molar-refractivity contribution >= 4 is 73.3 Å². The van der Waals surface area contributed by atoms with Gasteiger partial charge in [0.1, 0.15) is 23.5 Å². The van der Waals surface area contributed by atoms with Gasteiger partial charge in [0.25, 0.3) is 0 Å². The number of fused-ring (bicyclic) bond motifs is 3. The average molecular weight is 465 g/mol. The van der Waals surface area contributed by atoms with Crippen LogP contribution in [0.4, 0.5) is 0 Å². The van der Waals surface area contributed by atoms with E-state index in [4.69, 9.17) is 11.6 Å². The SMILES string of the molecule is Bc1c(Cl)c(B)c2c3ccc(-c4ccccc4)cc3n(-c3ccc(-c4ccccc4)cc3)c2c1B. The van der Waals surface area contributed by atoms with Crippen molar-refractivity contribution in [2.75, 3.05) is 0 Å². The molecule has 0 radical (unpaired) electrons. The predicted octanol–water partition coefficient (Wildman–Crippen LogP) is 3.55. The van der Waals surface area contributed by atoms with Crippen LogP contribution in [0.2, 0.25) is 5.02 Å². The van der Waals surface area contributed by atoms with Gasteiger partial charge >= 0.3 is 0 Å². The van der Waals surface area contributed by atoms with Crippen LogP contribution in [-0.4, -0.2) is 28.1 Å². The first-order valence-corrected chi connectivity index (χ1v) is 12.4. The zero-order chi connectivity index (χ0) is 24.1. The Morgan fingerprint density at radius 1 is 0.543 bits per heavy atom. The van der Waals surface area contributed by atoms with Crippen LogP contribution in [0.3, 0.4) is 0 Å². The second-order valence-corrected chi connectivity index (χ2v) is 9.64. The summed E-state index contributed by atoms with van der Waals surface area (Å²) in [6, 6.07) is 36.8. The Balaban J connectivity index is 1.67. The van der Waals surface area contributed by atoms with E-state index >= 15 is 0 Å². The molecule has 6 rings (SSSR count). The molecule has 0 saturated heterocycles. The van der Waals surface area contributed by atoms with Crippen molar-refractivity contribution in [1.29, 1.82) is 0 Å². The fourth-order valence-electron chi connectivity index (χ4n) is 5.27. The van der Waals surface area contributed by atoms with E-state index in [-0.39, 0.29) is 0 Å². The quantitative estimate of drug-likeness (QED) is 0.353. The molecule has 0 unspecified atom stereocenters. The Bertz CT molecular complexity index is 1710. The number of halogens is 1. The van der Waals surface area contributed by atoms with Crippen molar-refractivity contribution < 1.29 is 0 Å². The lowest BCUT2D eigenvalue weighted by molar-refractivity contribution is 1.19. The van der Waals surface area contributed by atoms with Crippen LogP contribution in [0.5, 0.6) is 0 Å². The maximum atomic E-state index is 6.82. The fraction of sp³-hybridized carbons (Fsp3) is 0. The van der Waals surface area contributed by atoms with E-state index in [0.717, 1.165) is 21.6 Å². The van der Waals surface area contributed by atoms with E-state index in [1.165, 1.54) is 49.5 Å². The van der Waals surface area contributed by atoms with Crippen LogP contribution in [0, 0.1) is 0 Å². The summed E-state index contributed by atoms with van der Waals surface area (Å²) < 4.78 is 2.41. The van der Waals surface area contributed by atoms with Gasteiger partial charge in [-0.3, -0.25) is 0 Å². The zero-order valence-electron chi connectivity index (χ0n) is 20.1. The van der Waals surface area contributed by atoms with Gasteiger partial charge in [-0.05, 0) is 40.5 Å². The van der Waals surface area contributed by atoms with Crippen molar-refractivity contribution in [2.24, 2.45) is 0 Å². The summed E-state index contributed by atoms with van der Waals surface area (Å²) in [5, 5.41) is 3.33. The summed E-state index contributed by atoms with van der Waals surface area (Å²) in [5.74, 6) is 0. The van der Waals surface area contributed by atoms with E-state index in [0.29, 0.717) is 0 Å². The van der Waals surface area contributed by atoms with Gasteiger partial charge in [0.2, 0.25) is 0 Å². The molecule has 0 bridgehead atoms. The molecule has 5 heteroatoms. The molecule has 164 valence electrons. The Morgan fingerprint density at radius 2 is 1.09 bits per heavy atom. The van der Waals surface area contributed by atoms with Crippen LogP contribution in [0.25, 0.3) is 49.7 Å². The van der Waals surface area contributed by atoms with E-state index in [2.05, 4.69) is 131 Å². The molecule has 1 aromatic heterocycles. The molecule has 0 aliphatic carbocycles. The highest BCUT2D eigenvalue weighted by Crippen LogP contribution is 2.34. The van der Waals surface area contributed by atoms with Crippen molar-refractivity contribution in [3.8, 4) is 27.9 Å². The van der Waals surface area contributed by atoms with E-state index in [1.54, 1.807) is 0 Å². The Morgan fingerprint density at radius 3 is 1.71 bits per heavy atom. The first-order valence-electron chi connectivity index (χ1n) is 12.0. The highest BCUT2D eigenvalue weighted by Gasteiger charge is 2.20. The van der Waals surface area contributed by atoms with Crippen molar-refractivity contribution in [2.45, 2.75) is 0 Å². The minimum absolute atomic E-state index is 0.862. The lowest BCUT2D eigenvalue weighted by atomic mass is 9.74. The van der Waals surface area contributed by atoms with E-state index < -0.39 is 0 Å². The van der Waals surface area contributed by atoms with Gasteiger partial charge < -0.3 is 4.57 Å². The van der Waals surface area contributed by atoms with Crippen LogP contribution in [0.1, 0.15) is 0 Å². The van der Waals surface area contributed by atoms with Crippen molar-refractivity contribution in [1.82, 2.24) is 4.57 Å². The molecule has 0 N–H and O–H groups in total. The van der Waals surface area contributed by atoms with Gasteiger partial charge in [-0.2, -0.15) is 0 Å². The largest absolute Gasteiger partial charge is 0.310 e. The smallest absolute Gasteiger partial charge is 0.142 e. The summed E-state index contributed by atoms with van der Waals surface area (Å²) in [6.45, 7) is 0. The van der Waals surface area contributed by atoms with Gasteiger partial charge in [-0.1, -0.05) is 113 Å². The highest BCUT2D eigenvalue weighted by atomic mass is 35.5. The minimum atomic E-state index is 0.862. The summed E-state index contributed by atoms with van der Waals surface area (Å²) in [5.41, 5.74) is 12.0. The molecule has 0 spiro atoms. The third-order valence-corrected chi connectivity index (χ3v) is 7.83. The minimum Gasteiger partial charge on any atom is -0.310 e. The molecule has 5 aromatic carbocycles. The maximum Gasteiger partial charge on any atom is 0.142 e. The molecule has 0 aliphatic rings. The van der Waals surface area contributed by atoms with Crippen LogP contribution in [-0.2, 0) is 0 Å². The molecule has 0 amide bonds. The number of rotatable bonds is 3. The van der Waals surface area contributed by atoms with Gasteiger partial charge in [0.05, 0.1) is 5.52 Å². The normalized spacial score (nSPS) is 11.3. The third kappa shape index (κ3) is 3.52. The first-order chi connectivity index (χ1) is 17.0. The summed E-state index contributed by atoms with van der Waals surface area (Å²) in [6.07, 6.45) is 0. The Kier molecular flexibility index (Phi) is 5.35. The molecule has 6 aromatic rings. The fourth-order valence-corrected chi connectivity index (χ4v) is 5.50. The Hall–Kier alpha value is -3.62. The topological polar surface area (TPSA) is 4.93 Å². The van der Waals surface area contributed by atoms with Crippen LogP contribution in [0.15, 0.2) is 103 Å². The summed E-state index contributed by atoms with van der Waals surface area (Å²) >= 11 is 6.82. The van der Waals surface area contributed by atoms with Crippen LogP contribution >= 0.6 is 11.6 Å². The van der Waals surface area contributed by atoms with Gasteiger partial charge in [0.15, 0.2) is 0 Å². The monoisotopic (exact) mass is 465 g/mol. The number of benzene rings is 5. The van der Waals surface area contributed by atoms with Gasteiger partial charge in [0, 0.05) is 27.0 Å². The molecule has 1 nitrogen and oxygen atoms in total. The first kappa shape index (κ1) is 21.9. The third-order valence-electron chi connectivity index (χ3n) is 7.26. The average Bonchev–Trinajstić information content (AvgIpc) is 3.26. The zero-order valence-corrected chi connectivity index (χ0v) is 20.9. The molecule has 0 fully saturated rings. The lowest BCUT2D eigenvalue weighted by Gasteiger charge is -2.15. The van der Waals surface area contributed by atoms with Crippen molar-refractivity contribution in [3.63, 3.8) is 0 Å². The molecule has 0 atom stereocenters. The van der Waals surface area contributed by atoms with Gasteiger partial charge in [-0.15, -0.1) is 0 Å². The van der Waals surface area contributed by atoms with E-state index in [9.17, 15) is 0 Å². The Labute approximate surface area is 213 Å². The predicted molar refractivity (Wildman–Crippen MR) is 161 cm³/mol. The molecule has 35 heavy (non-hydrogen) atoms. The van der Waals surface area contributed by atoms with Gasteiger partial charge in [-0.25, -0.2) is 0 Å². The summed E-state index contributed by atoms with van der Waals surface area (Å²) in [4.78, 5) is 0. The van der Waals surface area contributed by atoms with Crippen LogP contribution < -0.4 is 16.4 Å². The molecular formula is C30H23B3ClN. The number of aromatic nitrogens is 1.